The van der Waals surface area contributed by atoms with Gasteiger partial charge in [0.25, 0.3) is 0 Å². The van der Waals surface area contributed by atoms with Gasteiger partial charge in [-0.15, -0.1) is 0 Å². The fourth-order valence-electron chi connectivity index (χ4n) is 1.89. The zero-order valence-corrected chi connectivity index (χ0v) is 10.7. The van der Waals surface area contributed by atoms with Gasteiger partial charge >= 0.3 is 0 Å². The largest absolute Gasteiger partial charge is 0.383 e. The Hall–Kier alpha value is -0.120. The van der Waals surface area contributed by atoms with Crippen molar-refractivity contribution in [2.45, 2.75) is 38.5 Å². The first-order valence-corrected chi connectivity index (χ1v) is 6.71. The number of hydrogen-bond donors (Lipinski definition) is 1. The Morgan fingerprint density at radius 3 is 2.62 bits per heavy atom. The van der Waals surface area contributed by atoms with Crippen LogP contribution in [0.15, 0.2) is 0 Å². The zero-order valence-electron chi connectivity index (χ0n) is 10.7. The van der Waals surface area contributed by atoms with Crippen LogP contribution in [0.25, 0.3) is 0 Å². The third kappa shape index (κ3) is 7.20. The Kier molecular flexibility index (Phi) is 8.77. The van der Waals surface area contributed by atoms with E-state index >= 15 is 0 Å². The molecule has 0 aromatic carbocycles. The van der Waals surface area contributed by atoms with Gasteiger partial charge in [0.1, 0.15) is 0 Å². The second-order valence-electron chi connectivity index (χ2n) is 4.65. The number of nitrogens with one attached hydrogen (secondary N) is 1. The highest BCUT2D eigenvalue weighted by atomic mass is 16.5. The molecule has 3 heteroatoms. The van der Waals surface area contributed by atoms with Crippen LogP contribution in [0, 0.1) is 5.92 Å². The first-order chi connectivity index (χ1) is 7.93. The fourth-order valence-corrected chi connectivity index (χ4v) is 1.89. The first-order valence-electron chi connectivity index (χ1n) is 6.71. The minimum Gasteiger partial charge on any atom is -0.383 e. The van der Waals surface area contributed by atoms with Gasteiger partial charge in [-0.1, -0.05) is 19.3 Å². The van der Waals surface area contributed by atoms with E-state index in [2.05, 4.69) is 5.32 Å². The van der Waals surface area contributed by atoms with Crippen LogP contribution in [0.3, 0.4) is 0 Å². The summed E-state index contributed by atoms with van der Waals surface area (Å²) in [5.74, 6) is 0.982. The fraction of sp³-hybridized carbons (Fsp3) is 1.00. The molecule has 1 rings (SSSR count). The van der Waals surface area contributed by atoms with E-state index in [4.69, 9.17) is 9.47 Å². The second kappa shape index (κ2) is 10.1. The normalized spacial score (nSPS) is 16.3. The number of methoxy groups -OCH3 is 1. The van der Waals surface area contributed by atoms with E-state index in [1.807, 2.05) is 0 Å². The van der Waals surface area contributed by atoms with Crippen molar-refractivity contribution in [3.8, 4) is 0 Å². The second-order valence-corrected chi connectivity index (χ2v) is 4.65. The van der Waals surface area contributed by atoms with E-state index in [-0.39, 0.29) is 0 Å². The lowest BCUT2D eigenvalue weighted by Crippen LogP contribution is -2.20. The molecule has 0 unspecified atom stereocenters. The highest BCUT2D eigenvalue weighted by molar-refractivity contribution is 4.68. The highest BCUT2D eigenvalue weighted by Crippen LogP contribution is 2.29. The SMILES string of the molecule is COCCNCCCCOCCC1CCC1. The quantitative estimate of drug-likeness (QED) is 0.551. The predicted molar refractivity (Wildman–Crippen MR) is 66.8 cm³/mol. The van der Waals surface area contributed by atoms with Crippen LogP contribution >= 0.6 is 0 Å². The molecule has 0 radical (unpaired) electrons. The molecule has 0 amide bonds. The zero-order chi connectivity index (χ0) is 11.5. The molecule has 1 N–H and O–H groups in total. The number of hydrogen-bond acceptors (Lipinski definition) is 3. The van der Waals surface area contributed by atoms with Gasteiger partial charge in [-0.25, -0.2) is 0 Å². The molecule has 1 saturated carbocycles. The Bertz CT molecular complexity index is 149. The summed E-state index contributed by atoms with van der Waals surface area (Å²) in [6.45, 7) is 4.74. The number of rotatable bonds is 11. The summed E-state index contributed by atoms with van der Waals surface area (Å²) < 4.78 is 10.6. The molecule has 0 bridgehead atoms. The molecule has 3 nitrogen and oxygen atoms in total. The maximum atomic E-state index is 5.62. The van der Waals surface area contributed by atoms with Crippen LogP contribution < -0.4 is 5.32 Å². The molecule has 1 fully saturated rings. The molecular weight excluding hydrogens is 202 g/mol. The van der Waals surface area contributed by atoms with Crippen molar-refractivity contribution in [2.75, 3.05) is 40.0 Å². The van der Waals surface area contributed by atoms with Crippen molar-refractivity contribution in [3.05, 3.63) is 0 Å². The van der Waals surface area contributed by atoms with E-state index < -0.39 is 0 Å². The van der Waals surface area contributed by atoms with Crippen LogP contribution in [-0.4, -0.2) is 40.0 Å². The lowest BCUT2D eigenvalue weighted by atomic mass is 9.83. The summed E-state index contributed by atoms with van der Waals surface area (Å²) in [4.78, 5) is 0. The van der Waals surface area contributed by atoms with Gasteiger partial charge in [0.05, 0.1) is 6.61 Å². The van der Waals surface area contributed by atoms with Gasteiger partial charge in [-0.2, -0.15) is 0 Å². The average Bonchev–Trinajstić information content (AvgIpc) is 2.23. The molecule has 0 aromatic heterocycles. The van der Waals surface area contributed by atoms with Gasteiger partial charge in [0, 0.05) is 26.9 Å². The van der Waals surface area contributed by atoms with Crippen LogP contribution in [0.5, 0.6) is 0 Å². The van der Waals surface area contributed by atoms with Gasteiger partial charge in [-0.05, 0) is 31.7 Å². The van der Waals surface area contributed by atoms with Crippen molar-refractivity contribution < 1.29 is 9.47 Å². The summed E-state index contributed by atoms with van der Waals surface area (Å²) >= 11 is 0. The lowest BCUT2D eigenvalue weighted by molar-refractivity contribution is 0.103. The Morgan fingerprint density at radius 1 is 1.06 bits per heavy atom. The predicted octanol–water partition coefficient (Wildman–Crippen LogP) is 2.21. The van der Waals surface area contributed by atoms with Crippen LogP contribution in [-0.2, 0) is 9.47 Å². The summed E-state index contributed by atoms with van der Waals surface area (Å²) in [7, 11) is 1.73. The van der Waals surface area contributed by atoms with E-state index in [1.165, 1.54) is 38.5 Å². The molecule has 0 heterocycles. The third-order valence-electron chi connectivity index (χ3n) is 3.27. The van der Waals surface area contributed by atoms with E-state index in [0.717, 1.165) is 38.8 Å². The average molecular weight is 229 g/mol. The maximum absolute atomic E-state index is 5.62. The minimum atomic E-state index is 0.803. The van der Waals surface area contributed by atoms with E-state index in [9.17, 15) is 0 Å². The van der Waals surface area contributed by atoms with Crippen molar-refractivity contribution in [3.63, 3.8) is 0 Å². The lowest BCUT2D eigenvalue weighted by Gasteiger charge is -2.24. The summed E-state index contributed by atoms with van der Waals surface area (Å²) in [6, 6.07) is 0. The molecule has 1 aliphatic carbocycles. The van der Waals surface area contributed by atoms with Crippen LogP contribution in [0.4, 0.5) is 0 Å². The van der Waals surface area contributed by atoms with E-state index in [0.29, 0.717) is 0 Å². The summed E-state index contributed by atoms with van der Waals surface area (Å²) in [5, 5.41) is 3.33. The molecule has 0 aliphatic heterocycles. The summed E-state index contributed by atoms with van der Waals surface area (Å²) in [5.41, 5.74) is 0. The smallest absolute Gasteiger partial charge is 0.0587 e. The molecule has 0 spiro atoms. The molecule has 1 aliphatic rings. The number of unbranched alkanes of at least 4 members (excludes halogenated alkanes) is 1. The van der Waals surface area contributed by atoms with Gasteiger partial charge < -0.3 is 14.8 Å². The Labute approximate surface area is 99.9 Å². The van der Waals surface area contributed by atoms with Crippen molar-refractivity contribution in [1.29, 1.82) is 0 Å². The van der Waals surface area contributed by atoms with Gasteiger partial charge in [-0.3, -0.25) is 0 Å². The molecule has 0 saturated heterocycles. The monoisotopic (exact) mass is 229 g/mol. The third-order valence-corrected chi connectivity index (χ3v) is 3.27. The standard InChI is InChI=1S/C13H27NO2/c1-15-12-9-14-8-2-3-10-16-11-7-13-5-4-6-13/h13-14H,2-12H2,1H3. The molecule has 16 heavy (non-hydrogen) atoms. The van der Waals surface area contributed by atoms with Crippen LogP contribution in [0.2, 0.25) is 0 Å². The van der Waals surface area contributed by atoms with Crippen molar-refractivity contribution in [1.82, 2.24) is 5.32 Å². The number of ether oxygens (including phenoxy) is 2. The molecule has 0 aromatic rings. The van der Waals surface area contributed by atoms with Crippen molar-refractivity contribution in [2.24, 2.45) is 5.92 Å². The highest BCUT2D eigenvalue weighted by Gasteiger charge is 2.16. The Balaban J connectivity index is 1.65. The topological polar surface area (TPSA) is 30.5 Å². The van der Waals surface area contributed by atoms with E-state index in [1.54, 1.807) is 7.11 Å². The summed E-state index contributed by atoms with van der Waals surface area (Å²) in [6.07, 6.45) is 7.97. The maximum Gasteiger partial charge on any atom is 0.0587 e. The van der Waals surface area contributed by atoms with Crippen molar-refractivity contribution >= 4 is 0 Å². The van der Waals surface area contributed by atoms with Gasteiger partial charge in [0.15, 0.2) is 0 Å². The molecule has 96 valence electrons. The Morgan fingerprint density at radius 2 is 1.94 bits per heavy atom. The molecular formula is C13H27NO2. The minimum absolute atomic E-state index is 0.803. The van der Waals surface area contributed by atoms with Crippen LogP contribution in [0.1, 0.15) is 38.5 Å². The first kappa shape index (κ1) is 13.9. The van der Waals surface area contributed by atoms with Gasteiger partial charge in [0.2, 0.25) is 0 Å². The molecule has 0 atom stereocenters.